The molecular weight excluding hydrogens is 514 g/mol. The lowest BCUT2D eigenvalue weighted by molar-refractivity contribution is -0.184. The van der Waals surface area contributed by atoms with Gasteiger partial charge in [0, 0.05) is 19.3 Å². The van der Waals surface area contributed by atoms with Gasteiger partial charge in [0.05, 0.1) is 6.10 Å². The molecule has 0 rings (SSSR count). The molecule has 6 heteroatoms. The van der Waals surface area contributed by atoms with Gasteiger partial charge in [-0.05, 0) is 33.9 Å². The summed E-state index contributed by atoms with van der Waals surface area (Å²) in [6.45, 7) is 6.17. The molecule has 6 nitrogen and oxygen atoms in total. The second-order valence-corrected chi connectivity index (χ2v) is 12.5. The van der Waals surface area contributed by atoms with E-state index in [1.54, 1.807) is 11.8 Å². The van der Waals surface area contributed by atoms with Crippen LogP contribution in [0.15, 0.2) is 0 Å². The van der Waals surface area contributed by atoms with Crippen LogP contribution in [-0.4, -0.2) is 54.5 Å². The molecule has 1 N–H and O–H groups in total. The highest BCUT2D eigenvalue weighted by Gasteiger charge is 2.31. The second kappa shape index (κ2) is 29.0. The molecule has 0 aromatic carbocycles. The molecule has 0 heterocycles. The van der Waals surface area contributed by atoms with Crippen molar-refractivity contribution in [3.8, 4) is 0 Å². The van der Waals surface area contributed by atoms with Gasteiger partial charge in [-0.2, -0.15) is 0 Å². The predicted molar refractivity (Wildman–Crippen MR) is 172 cm³/mol. The molecule has 0 aliphatic carbocycles. The van der Waals surface area contributed by atoms with Gasteiger partial charge in [-0.15, -0.1) is 0 Å². The van der Waals surface area contributed by atoms with Crippen LogP contribution in [0.5, 0.6) is 0 Å². The van der Waals surface area contributed by atoms with Crippen molar-refractivity contribution in [3.63, 3.8) is 0 Å². The lowest BCUT2D eigenvalue weighted by atomic mass is 10.1. The fourth-order valence-corrected chi connectivity index (χ4v) is 5.36. The molecule has 0 aromatic heterocycles. The van der Waals surface area contributed by atoms with Crippen LogP contribution in [0.25, 0.3) is 0 Å². The van der Waals surface area contributed by atoms with Gasteiger partial charge >= 0.3 is 11.9 Å². The van der Waals surface area contributed by atoms with Gasteiger partial charge in [0.25, 0.3) is 0 Å². The average molecular weight is 584 g/mol. The lowest BCUT2D eigenvalue weighted by Gasteiger charge is -2.32. The summed E-state index contributed by atoms with van der Waals surface area (Å²) in [4.78, 5) is 27.0. The molecule has 0 amide bonds. The molecule has 3 unspecified atom stereocenters. The minimum Gasteiger partial charge on any atom is -0.457 e. The Labute approximate surface area is 254 Å². The first-order valence-electron chi connectivity index (χ1n) is 17.5. The van der Waals surface area contributed by atoms with Crippen LogP contribution in [0.1, 0.15) is 181 Å². The molecule has 0 aliphatic heterocycles. The Morgan fingerprint density at radius 1 is 0.561 bits per heavy atom. The summed E-state index contributed by atoms with van der Waals surface area (Å²) in [6.07, 6.45) is 26.0. The zero-order chi connectivity index (χ0) is 30.6. The van der Waals surface area contributed by atoms with Crippen LogP contribution in [0, 0.1) is 0 Å². The highest BCUT2D eigenvalue weighted by atomic mass is 16.6. The third kappa shape index (κ3) is 26.2. The monoisotopic (exact) mass is 584 g/mol. The zero-order valence-corrected chi connectivity index (χ0v) is 27.9. The predicted octanol–water partition coefficient (Wildman–Crippen LogP) is 9.50. The largest absolute Gasteiger partial charge is 0.457 e. The third-order valence-electron chi connectivity index (χ3n) is 7.90. The lowest BCUT2D eigenvalue weighted by Crippen LogP contribution is -2.46. The number of likely N-dealkylation sites (N-methyl/N-ethyl adjacent to an activating group) is 1. The maximum absolute atomic E-state index is 12.6. The fraction of sp³-hybridized carbons (Fsp3) is 0.943. The van der Waals surface area contributed by atoms with Crippen molar-refractivity contribution in [2.75, 3.05) is 14.1 Å². The molecule has 244 valence electrons. The number of ether oxygens (including phenoxy) is 2. The number of aliphatic hydroxyl groups excluding tert-OH is 1. The molecule has 3 atom stereocenters. The van der Waals surface area contributed by atoms with Crippen molar-refractivity contribution in [2.24, 2.45) is 0 Å². The van der Waals surface area contributed by atoms with Gasteiger partial charge in [-0.3, -0.25) is 14.5 Å². The molecule has 41 heavy (non-hydrogen) atoms. The van der Waals surface area contributed by atoms with Crippen LogP contribution in [0.3, 0.4) is 0 Å². The summed E-state index contributed by atoms with van der Waals surface area (Å²) < 4.78 is 11.5. The van der Waals surface area contributed by atoms with Crippen LogP contribution in [0.2, 0.25) is 0 Å². The van der Waals surface area contributed by atoms with E-state index in [1.807, 2.05) is 14.1 Å². The van der Waals surface area contributed by atoms with E-state index in [-0.39, 0.29) is 18.4 Å². The van der Waals surface area contributed by atoms with E-state index in [1.165, 1.54) is 103 Å². The summed E-state index contributed by atoms with van der Waals surface area (Å²) in [6, 6.07) is 0. The van der Waals surface area contributed by atoms with Crippen molar-refractivity contribution in [3.05, 3.63) is 0 Å². The normalized spacial score (nSPS) is 13.7. The van der Waals surface area contributed by atoms with Gasteiger partial charge in [-0.1, -0.05) is 142 Å². The van der Waals surface area contributed by atoms with Gasteiger partial charge in [0.15, 0.2) is 12.3 Å². The maximum atomic E-state index is 12.6. The molecule has 0 fully saturated rings. The minimum atomic E-state index is -0.703. The van der Waals surface area contributed by atoms with E-state index in [0.29, 0.717) is 12.8 Å². The Kier molecular flexibility index (Phi) is 28.2. The molecule has 0 radical (unpaired) electrons. The zero-order valence-electron chi connectivity index (χ0n) is 27.9. The molecule has 0 aliphatic rings. The number of carbonyl (C=O) groups excluding carboxylic acids is 2. The van der Waals surface area contributed by atoms with Gasteiger partial charge in [0.1, 0.15) is 0 Å². The van der Waals surface area contributed by atoms with Gasteiger partial charge in [-0.25, -0.2) is 0 Å². The third-order valence-corrected chi connectivity index (χ3v) is 7.90. The van der Waals surface area contributed by atoms with Crippen molar-refractivity contribution in [1.29, 1.82) is 0 Å². The Hall–Kier alpha value is -1.14. The molecule has 0 saturated carbocycles. The van der Waals surface area contributed by atoms with Crippen molar-refractivity contribution >= 4 is 11.9 Å². The van der Waals surface area contributed by atoms with Crippen LogP contribution < -0.4 is 0 Å². The number of unbranched alkanes of at least 4 members (excludes halogenated alkanes) is 20. The SMILES string of the molecule is CCCCCCCCCCCCCC(=O)OC(CC(C)O)C(OC(=O)CCCCCCCCCCCCC)N(C)C. The molecular formula is C35H69NO5. The van der Waals surface area contributed by atoms with Crippen molar-refractivity contribution in [2.45, 2.75) is 200 Å². The number of esters is 2. The maximum Gasteiger partial charge on any atom is 0.307 e. The smallest absolute Gasteiger partial charge is 0.307 e. The molecule has 0 bridgehead atoms. The molecule has 0 aromatic rings. The number of rotatable bonds is 30. The first-order chi connectivity index (χ1) is 19.8. The Morgan fingerprint density at radius 2 is 0.878 bits per heavy atom. The molecule has 0 saturated heterocycles. The summed E-state index contributed by atoms with van der Waals surface area (Å²) in [5, 5.41) is 10.0. The van der Waals surface area contributed by atoms with Gasteiger partial charge < -0.3 is 14.6 Å². The van der Waals surface area contributed by atoms with Gasteiger partial charge in [0.2, 0.25) is 0 Å². The van der Waals surface area contributed by atoms with E-state index >= 15 is 0 Å². The van der Waals surface area contributed by atoms with Crippen LogP contribution >= 0.6 is 0 Å². The average Bonchev–Trinajstić information content (AvgIpc) is 2.92. The van der Waals surface area contributed by atoms with Crippen molar-refractivity contribution in [1.82, 2.24) is 4.90 Å². The minimum absolute atomic E-state index is 0.235. The Balaban J connectivity index is 4.26. The summed E-state index contributed by atoms with van der Waals surface area (Å²) in [5.41, 5.74) is 0. The first-order valence-corrected chi connectivity index (χ1v) is 17.5. The van der Waals surface area contributed by atoms with E-state index in [2.05, 4.69) is 13.8 Å². The highest BCUT2D eigenvalue weighted by molar-refractivity contribution is 5.70. The second-order valence-electron chi connectivity index (χ2n) is 12.5. The molecule has 0 spiro atoms. The quantitative estimate of drug-likeness (QED) is 0.0515. The number of aliphatic hydroxyl groups is 1. The summed E-state index contributed by atoms with van der Waals surface area (Å²) >= 11 is 0. The number of hydrogen-bond acceptors (Lipinski definition) is 6. The van der Waals surface area contributed by atoms with E-state index in [4.69, 9.17) is 9.47 Å². The fourth-order valence-electron chi connectivity index (χ4n) is 5.36. The summed E-state index contributed by atoms with van der Waals surface area (Å²) in [5.74, 6) is -0.545. The van der Waals surface area contributed by atoms with Crippen LogP contribution in [0.4, 0.5) is 0 Å². The number of carbonyl (C=O) groups is 2. The Bertz CT molecular complexity index is 595. The first kappa shape index (κ1) is 39.9. The topological polar surface area (TPSA) is 76.1 Å². The Morgan fingerprint density at radius 3 is 1.20 bits per heavy atom. The van der Waals surface area contributed by atoms with E-state index in [9.17, 15) is 14.7 Å². The van der Waals surface area contributed by atoms with E-state index in [0.717, 1.165) is 38.5 Å². The van der Waals surface area contributed by atoms with Crippen LogP contribution in [-0.2, 0) is 19.1 Å². The standard InChI is InChI=1S/C35H69NO5/c1-6-8-10-12-14-16-18-20-22-24-26-28-33(38)40-32(30-31(3)37)35(36(4)5)41-34(39)29-27-25-23-21-19-17-15-13-11-9-7-2/h31-32,35,37H,6-30H2,1-5H3. The summed E-state index contributed by atoms with van der Waals surface area (Å²) in [7, 11) is 3.62. The number of hydrogen-bond donors (Lipinski definition) is 1. The number of nitrogens with zero attached hydrogens (tertiary/aromatic N) is 1. The highest BCUT2D eigenvalue weighted by Crippen LogP contribution is 2.18. The van der Waals surface area contributed by atoms with Crippen molar-refractivity contribution < 1.29 is 24.2 Å². The van der Waals surface area contributed by atoms with E-state index < -0.39 is 18.4 Å².